The van der Waals surface area contributed by atoms with E-state index in [1.807, 2.05) is 66.7 Å². The predicted molar refractivity (Wildman–Crippen MR) is 470 cm³/mol. The van der Waals surface area contributed by atoms with Crippen molar-refractivity contribution < 1.29 is 18.9 Å². The quantitative estimate of drug-likeness (QED) is 0.0923. The molecule has 0 saturated heterocycles. The van der Waals surface area contributed by atoms with Crippen molar-refractivity contribution in [3.05, 3.63) is 410 Å². The second-order valence-electron chi connectivity index (χ2n) is 28.1. The SMILES string of the molecule is Clc1cccc(-c2nc3c(-c4ccc(-c5cccc6ccccc56)cc4)cc(-c4ccc(-c5cccc6ccccc56)cc4)cc3o2)c1.N#Cc1cccc(-c2cccc(-c3nc4c(-c5ccc(-c6cccc7ccccc67)cc5)cc(-c5ccc(-c6cccc7ccccc67)cc5)cc4o3)c2)c1.[C-]#[N+]c1cccc(B(O)O)c1. The molecule has 0 saturated carbocycles. The molecule has 20 aromatic rings. The van der Waals surface area contributed by atoms with Gasteiger partial charge in [-0.3, -0.25) is 0 Å². The molecule has 2 N–H and O–H groups in total. The zero-order valence-electron chi connectivity index (χ0n) is 61.4. The number of nitriles is 1. The van der Waals surface area contributed by atoms with Gasteiger partial charge in [0.25, 0.3) is 0 Å². The summed E-state index contributed by atoms with van der Waals surface area (Å²) < 4.78 is 13.1. The van der Waals surface area contributed by atoms with Gasteiger partial charge in [0.15, 0.2) is 16.9 Å². The number of hydrogen-bond acceptors (Lipinski definition) is 7. The summed E-state index contributed by atoms with van der Waals surface area (Å²) in [6, 6.07) is 136. The molecule has 20 rings (SSSR count). The van der Waals surface area contributed by atoms with Crippen LogP contribution in [0.2, 0.25) is 5.02 Å². The molecule has 114 heavy (non-hydrogen) atoms. The molecule has 2 heterocycles. The van der Waals surface area contributed by atoms with Crippen molar-refractivity contribution >= 4 is 95.2 Å². The highest BCUT2D eigenvalue weighted by Crippen LogP contribution is 2.43. The Labute approximate surface area is 664 Å². The standard InChI is InChI=1S/C52H32N2O.C45H28ClNO.C7H6BNO2/c53-33-34-9-5-14-41(29-34)42-15-6-16-43(30-42)52-54-51-49(40-27-25-39(26-28-40)48-20-8-13-37-11-2-4-18-46(37)48)31-44(32-50(51)55-52)35-21-23-38(24-22-35)47-19-7-12-36-10-1-3-17-45(36)47;46-37-13-5-12-35(26-37)45-47-44-42(34-24-22-33(23-25-34)41-17-7-11-31-9-2-4-15-39(31)41)27-36(28-43(44)48-45)29-18-20-32(21-19-29)40-16-6-10-30-8-1-3-14-38(30)40;1-9-7-4-2-3-6(5-7)8(10)11/h1-32H;1-28H;2-5,10-11H. The third kappa shape index (κ3) is 14.5. The summed E-state index contributed by atoms with van der Waals surface area (Å²) >= 11 is 6.35. The molecule has 0 amide bonds. The van der Waals surface area contributed by atoms with Crippen molar-refractivity contribution in [2.24, 2.45) is 0 Å². The van der Waals surface area contributed by atoms with Gasteiger partial charge in [-0.05, 0) is 204 Å². The van der Waals surface area contributed by atoms with Gasteiger partial charge >= 0.3 is 7.12 Å². The first-order chi connectivity index (χ1) is 56.1. The molecule has 0 spiro atoms. The van der Waals surface area contributed by atoms with E-state index < -0.39 is 7.12 Å². The minimum absolute atomic E-state index is 0.346. The van der Waals surface area contributed by atoms with E-state index in [0.29, 0.717) is 33.5 Å². The molecule has 0 bridgehead atoms. The van der Waals surface area contributed by atoms with Gasteiger partial charge in [-0.2, -0.15) is 5.26 Å². The molecule has 2 aromatic heterocycles. The van der Waals surface area contributed by atoms with Crippen molar-refractivity contribution in [3.63, 3.8) is 0 Å². The maximum atomic E-state index is 9.49. The van der Waals surface area contributed by atoms with Crippen molar-refractivity contribution in [1.29, 1.82) is 5.26 Å². The Morgan fingerprint density at radius 1 is 0.298 bits per heavy atom. The van der Waals surface area contributed by atoms with Crippen molar-refractivity contribution in [2.75, 3.05) is 0 Å². The average Bonchev–Trinajstić information content (AvgIpc) is 1.57. The lowest BCUT2D eigenvalue weighted by Gasteiger charge is -2.11. The Balaban J connectivity index is 0.000000141. The molecule has 8 nitrogen and oxygen atoms in total. The van der Waals surface area contributed by atoms with E-state index in [9.17, 15) is 5.26 Å². The Bertz CT molecular complexity index is 7100. The smallest absolute Gasteiger partial charge is 0.436 e. The third-order valence-corrected chi connectivity index (χ3v) is 21.3. The molecule has 0 fully saturated rings. The molecule has 10 heteroatoms. The Hall–Kier alpha value is -14.8. The highest BCUT2D eigenvalue weighted by atomic mass is 35.5. The van der Waals surface area contributed by atoms with Crippen LogP contribution in [0.1, 0.15) is 5.56 Å². The van der Waals surface area contributed by atoms with Gasteiger partial charge in [-0.15, -0.1) is 0 Å². The minimum atomic E-state index is -1.49. The summed E-state index contributed by atoms with van der Waals surface area (Å²) in [7, 11) is -1.49. The van der Waals surface area contributed by atoms with Crippen LogP contribution >= 0.6 is 11.6 Å². The number of fused-ring (bicyclic) bond motifs is 6. The maximum absolute atomic E-state index is 9.49. The number of nitrogens with zero attached hydrogens (tertiary/aromatic N) is 4. The predicted octanol–water partition coefficient (Wildman–Crippen LogP) is 27.0. The van der Waals surface area contributed by atoms with Gasteiger partial charge in [-0.25, -0.2) is 14.8 Å². The van der Waals surface area contributed by atoms with E-state index in [2.05, 4.69) is 308 Å². The normalized spacial score (nSPS) is 11.1. The highest BCUT2D eigenvalue weighted by Gasteiger charge is 2.21. The van der Waals surface area contributed by atoms with E-state index in [0.717, 1.165) is 94.5 Å². The van der Waals surface area contributed by atoms with E-state index in [-0.39, 0.29) is 0 Å². The van der Waals surface area contributed by atoms with E-state index in [1.165, 1.54) is 88.1 Å². The van der Waals surface area contributed by atoms with Gasteiger partial charge in [0.05, 0.1) is 18.2 Å². The first-order valence-corrected chi connectivity index (χ1v) is 37.9. The van der Waals surface area contributed by atoms with E-state index >= 15 is 0 Å². The van der Waals surface area contributed by atoms with Gasteiger partial charge in [0.2, 0.25) is 11.8 Å². The van der Waals surface area contributed by atoms with Crippen LogP contribution < -0.4 is 5.46 Å². The summed E-state index contributed by atoms with van der Waals surface area (Å²) in [5, 5.41) is 37.4. The third-order valence-electron chi connectivity index (χ3n) is 21.0. The lowest BCUT2D eigenvalue weighted by molar-refractivity contribution is 0.426. The molecule has 0 radical (unpaired) electrons. The summed E-state index contributed by atoms with van der Waals surface area (Å²) in [6.45, 7) is 6.64. The van der Waals surface area contributed by atoms with Crippen LogP contribution in [-0.4, -0.2) is 27.1 Å². The fraction of sp³-hybridized carbons (Fsp3) is 0. The van der Waals surface area contributed by atoms with Crippen molar-refractivity contribution in [1.82, 2.24) is 9.97 Å². The fourth-order valence-electron chi connectivity index (χ4n) is 15.3. The van der Waals surface area contributed by atoms with E-state index in [4.69, 9.17) is 47.0 Å². The number of halogens is 1. The van der Waals surface area contributed by atoms with Crippen LogP contribution in [0.4, 0.5) is 5.69 Å². The molecule has 0 aliphatic carbocycles. The van der Waals surface area contributed by atoms with Gasteiger partial charge < -0.3 is 18.9 Å². The van der Waals surface area contributed by atoms with Crippen molar-refractivity contribution in [2.45, 2.75) is 0 Å². The number of rotatable bonds is 12. The molecule has 0 aliphatic heterocycles. The summed E-state index contributed by atoms with van der Waals surface area (Å²) in [4.78, 5) is 13.3. The second kappa shape index (κ2) is 31.3. The van der Waals surface area contributed by atoms with Crippen LogP contribution in [0.15, 0.2) is 397 Å². The highest BCUT2D eigenvalue weighted by molar-refractivity contribution is 6.58. The topological polar surface area (TPSA) is 121 Å². The van der Waals surface area contributed by atoms with Crippen LogP contribution in [0.25, 0.3) is 193 Å². The average molecular weight is 1480 g/mol. The van der Waals surface area contributed by atoms with Crippen LogP contribution in [0.5, 0.6) is 0 Å². The molecule has 536 valence electrons. The van der Waals surface area contributed by atoms with Gasteiger partial charge in [-0.1, -0.05) is 333 Å². The largest absolute Gasteiger partial charge is 0.487 e. The molecule has 18 aromatic carbocycles. The molecule has 0 unspecified atom stereocenters. The number of hydrogen-bond donors (Lipinski definition) is 2. The summed E-state index contributed by atoms with van der Waals surface area (Å²) in [5.74, 6) is 1.09. The van der Waals surface area contributed by atoms with Crippen LogP contribution in [0, 0.1) is 17.9 Å². The zero-order valence-corrected chi connectivity index (χ0v) is 62.2. The number of oxazole rings is 2. The van der Waals surface area contributed by atoms with E-state index in [1.54, 1.807) is 18.2 Å². The van der Waals surface area contributed by atoms with Gasteiger partial charge in [0, 0.05) is 27.3 Å². The Morgan fingerprint density at radius 2 is 0.632 bits per heavy atom. The van der Waals surface area contributed by atoms with Crippen LogP contribution in [0.3, 0.4) is 0 Å². The fourth-order valence-corrected chi connectivity index (χ4v) is 15.5. The number of benzene rings is 18. The first kappa shape index (κ1) is 70.8. The number of aromatic nitrogens is 2. The molecular formula is C104H66BClN4O4. The Kier molecular flexibility index (Phi) is 19.4. The second-order valence-corrected chi connectivity index (χ2v) is 28.5. The van der Waals surface area contributed by atoms with Gasteiger partial charge in [0.1, 0.15) is 11.0 Å². The van der Waals surface area contributed by atoms with Crippen molar-refractivity contribution in [3.8, 4) is 129 Å². The molecule has 0 aliphatic rings. The molecule has 0 atom stereocenters. The lowest BCUT2D eigenvalue weighted by atomic mass is 9.80. The monoisotopic (exact) mass is 1480 g/mol. The lowest BCUT2D eigenvalue weighted by Crippen LogP contribution is -2.29. The summed E-state index contributed by atoms with van der Waals surface area (Å²) in [6.07, 6.45) is 0. The molecular weight excluding hydrogens is 1420 g/mol. The Morgan fingerprint density at radius 3 is 1.03 bits per heavy atom. The summed E-state index contributed by atoms with van der Waals surface area (Å²) in [5.41, 5.74) is 26.2. The first-order valence-electron chi connectivity index (χ1n) is 37.5. The zero-order chi connectivity index (χ0) is 77.0. The van der Waals surface area contributed by atoms with Crippen LogP contribution in [-0.2, 0) is 0 Å². The minimum Gasteiger partial charge on any atom is -0.436 e. The maximum Gasteiger partial charge on any atom is 0.487 e.